The van der Waals surface area contributed by atoms with Crippen LogP contribution < -0.4 is 0 Å². The van der Waals surface area contributed by atoms with Gasteiger partial charge in [-0.3, -0.25) is 0 Å². The minimum Gasteiger partial charge on any atom is -0.512 e. The Morgan fingerprint density at radius 3 is 3.00 bits per heavy atom. The largest absolute Gasteiger partial charge is 0.512 e. The molecule has 0 spiro atoms. The van der Waals surface area contributed by atoms with Crippen LogP contribution in [0.25, 0.3) is 0 Å². The van der Waals surface area contributed by atoms with E-state index in [-0.39, 0.29) is 11.9 Å². The molecule has 0 bridgehead atoms. The second kappa shape index (κ2) is 2.09. The summed E-state index contributed by atoms with van der Waals surface area (Å²) in [5.41, 5.74) is 0. The van der Waals surface area contributed by atoms with Crippen LogP contribution in [0.1, 0.15) is 13.3 Å². The molecule has 1 aliphatic heterocycles. The highest BCUT2D eigenvalue weighted by Gasteiger charge is 2.15. The van der Waals surface area contributed by atoms with E-state index in [2.05, 4.69) is 4.74 Å². The summed E-state index contributed by atoms with van der Waals surface area (Å²) in [4.78, 5) is 10.4. The number of rotatable bonds is 0. The Kier molecular flexibility index (Phi) is 1.42. The lowest BCUT2D eigenvalue weighted by molar-refractivity contribution is -0.144. The van der Waals surface area contributed by atoms with Gasteiger partial charge in [-0.2, -0.15) is 0 Å². The van der Waals surface area contributed by atoms with Crippen LogP contribution in [0.5, 0.6) is 0 Å². The summed E-state index contributed by atoms with van der Waals surface area (Å²) in [5.74, 6) is -0.343. The normalized spacial score (nSPS) is 27.0. The third kappa shape index (κ3) is 1.45. The van der Waals surface area contributed by atoms with Gasteiger partial charge in [0.15, 0.2) is 0 Å². The van der Waals surface area contributed by atoms with Gasteiger partial charge in [-0.05, 0) is 6.92 Å². The maximum absolute atomic E-state index is 10.4. The van der Waals surface area contributed by atoms with Crippen molar-refractivity contribution < 1.29 is 14.6 Å². The van der Waals surface area contributed by atoms with Gasteiger partial charge in [0.2, 0.25) is 0 Å². The minimum absolute atomic E-state index is 0.110. The van der Waals surface area contributed by atoms with Crippen LogP contribution in [0, 0.1) is 0 Å². The van der Waals surface area contributed by atoms with E-state index in [1.165, 1.54) is 0 Å². The lowest BCUT2D eigenvalue weighted by atomic mass is 10.2. The quantitative estimate of drug-likeness (QED) is 0.490. The van der Waals surface area contributed by atoms with Crippen LogP contribution in [-0.4, -0.2) is 17.2 Å². The maximum atomic E-state index is 10.4. The molecule has 50 valence electrons. The Morgan fingerprint density at radius 2 is 2.56 bits per heavy atom. The van der Waals surface area contributed by atoms with Crippen LogP contribution in [0.2, 0.25) is 0 Å². The highest BCUT2D eigenvalue weighted by atomic mass is 16.5. The Labute approximate surface area is 52.9 Å². The van der Waals surface area contributed by atoms with Gasteiger partial charge >= 0.3 is 5.97 Å². The van der Waals surface area contributed by atoms with Crippen LogP contribution in [-0.2, 0) is 9.53 Å². The molecule has 0 aromatic carbocycles. The number of cyclic esters (lactones) is 1. The van der Waals surface area contributed by atoms with Crippen molar-refractivity contribution in [1.82, 2.24) is 0 Å². The number of hydrogen-bond donors (Lipinski definition) is 1. The summed E-state index contributed by atoms with van der Waals surface area (Å²) < 4.78 is 4.68. The van der Waals surface area contributed by atoms with E-state index in [0.717, 1.165) is 6.08 Å². The average Bonchev–Trinajstić information content (AvgIpc) is 1.59. The molecule has 0 aliphatic carbocycles. The van der Waals surface area contributed by atoms with Crippen molar-refractivity contribution in [2.24, 2.45) is 0 Å². The smallest absolute Gasteiger partial charge is 0.334 e. The molecule has 0 saturated carbocycles. The summed E-state index contributed by atoms with van der Waals surface area (Å²) in [6.45, 7) is 1.74. The molecule has 1 rings (SSSR count). The molecule has 1 atom stereocenters. The van der Waals surface area contributed by atoms with Crippen molar-refractivity contribution in [2.75, 3.05) is 0 Å². The molecule has 0 radical (unpaired) electrons. The summed E-state index contributed by atoms with van der Waals surface area (Å²) in [5, 5.41) is 8.81. The Hall–Kier alpha value is -0.990. The van der Waals surface area contributed by atoms with Gasteiger partial charge < -0.3 is 9.84 Å². The zero-order chi connectivity index (χ0) is 6.85. The predicted octanol–water partition coefficient (Wildman–Crippen LogP) is 0.764. The molecule has 0 saturated heterocycles. The van der Waals surface area contributed by atoms with Crippen LogP contribution >= 0.6 is 0 Å². The second-order valence-electron chi connectivity index (χ2n) is 2.09. The number of esters is 1. The fourth-order valence-corrected chi connectivity index (χ4v) is 0.763. The SMILES string of the molecule is C[C@@H]1CC(O)=CC(=O)O1. The Balaban J connectivity index is 2.67. The van der Waals surface area contributed by atoms with Gasteiger partial charge in [0.25, 0.3) is 0 Å². The van der Waals surface area contributed by atoms with Gasteiger partial charge in [-0.1, -0.05) is 0 Å². The number of ether oxygens (including phenoxy) is 1. The van der Waals surface area contributed by atoms with Crippen molar-refractivity contribution in [3.63, 3.8) is 0 Å². The zero-order valence-corrected chi connectivity index (χ0v) is 5.13. The van der Waals surface area contributed by atoms with E-state index in [1.807, 2.05) is 0 Å². The Bertz CT molecular complexity index is 160. The standard InChI is InChI=1S/C6H8O3/c1-4-2-5(7)3-6(8)9-4/h3-4,7H,2H2,1H3/t4-/m1/s1. The highest BCUT2D eigenvalue weighted by Crippen LogP contribution is 2.11. The van der Waals surface area contributed by atoms with Crippen LogP contribution in [0.4, 0.5) is 0 Å². The fraction of sp³-hybridized carbons (Fsp3) is 0.500. The maximum Gasteiger partial charge on any atom is 0.334 e. The van der Waals surface area contributed by atoms with Crippen molar-refractivity contribution in [3.05, 3.63) is 11.8 Å². The first-order chi connectivity index (χ1) is 4.18. The van der Waals surface area contributed by atoms with Crippen LogP contribution in [0.3, 0.4) is 0 Å². The zero-order valence-electron chi connectivity index (χ0n) is 5.13. The van der Waals surface area contributed by atoms with E-state index < -0.39 is 5.97 Å². The van der Waals surface area contributed by atoms with Gasteiger partial charge in [-0.25, -0.2) is 4.79 Å². The third-order valence-electron chi connectivity index (χ3n) is 1.10. The topological polar surface area (TPSA) is 46.5 Å². The van der Waals surface area contributed by atoms with Crippen molar-refractivity contribution in [3.8, 4) is 0 Å². The first-order valence-corrected chi connectivity index (χ1v) is 2.78. The van der Waals surface area contributed by atoms with Gasteiger partial charge in [0, 0.05) is 6.42 Å². The van der Waals surface area contributed by atoms with E-state index in [1.54, 1.807) is 6.92 Å². The summed E-state index contributed by atoms with van der Waals surface area (Å²) in [6.07, 6.45) is 1.36. The van der Waals surface area contributed by atoms with E-state index in [0.29, 0.717) is 6.42 Å². The van der Waals surface area contributed by atoms with Gasteiger partial charge in [0.05, 0.1) is 6.08 Å². The van der Waals surface area contributed by atoms with Crippen molar-refractivity contribution in [2.45, 2.75) is 19.4 Å². The fourth-order valence-electron chi connectivity index (χ4n) is 0.763. The molecule has 0 aromatic rings. The van der Waals surface area contributed by atoms with Crippen LogP contribution in [0.15, 0.2) is 11.8 Å². The van der Waals surface area contributed by atoms with E-state index in [9.17, 15) is 4.79 Å². The number of aliphatic hydroxyl groups excluding tert-OH is 1. The molecule has 0 amide bonds. The number of carbonyl (C=O) groups is 1. The number of aliphatic hydroxyl groups is 1. The monoisotopic (exact) mass is 128 g/mol. The molecule has 0 fully saturated rings. The lowest BCUT2D eigenvalue weighted by Crippen LogP contribution is -2.19. The Morgan fingerprint density at radius 1 is 1.89 bits per heavy atom. The molecular weight excluding hydrogens is 120 g/mol. The van der Waals surface area contributed by atoms with Gasteiger partial charge in [-0.15, -0.1) is 0 Å². The van der Waals surface area contributed by atoms with Crippen molar-refractivity contribution >= 4 is 5.97 Å². The molecule has 1 N–H and O–H groups in total. The molecular formula is C6H8O3. The highest BCUT2D eigenvalue weighted by molar-refractivity contribution is 5.83. The third-order valence-corrected chi connectivity index (χ3v) is 1.10. The lowest BCUT2D eigenvalue weighted by Gasteiger charge is -2.15. The predicted molar refractivity (Wildman–Crippen MR) is 30.9 cm³/mol. The number of carbonyl (C=O) groups excluding carboxylic acids is 1. The molecule has 3 nitrogen and oxygen atoms in total. The molecule has 0 aromatic heterocycles. The van der Waals surface area contributed by atoms with Gasteiger partial charge in [0.1, 0.15) is 11.9 Å². The average molecular weight is 128 g/mol. The first-order valence-electron chi connectivity index (χ1n) is 2.78. The summed E-state index contributed by atoms with van der Waals surface area (Å²) in [7, 11) is 0. The summed E-state index contributed by atoms with van der Waals surface area (Å²) >= 11 is 0. The van der Waals surface area contributed by atoms with Crippen molar-refractivity contribution in [1.29, 1.82) is 0 Å². The number of hydrogen-bond acceptors (Lipinski definition) is 3. The molecule has 3 heteroatoms. The first kappa shape index (κ1) is 6.13. The molecule has 1 heterocycles. The molecule has 9 heavy (non-hydrogen) atoms. The summed E-state index contributed by atoms with van der Waals surface area (Å²) in [6, 6.07) is 0. The van der Waals surface area contributed by atoms with E-state index >= 15 is 0 Å². The van der Waals surface area contributed by atoms with E-state index in [4.69, 9.17) is 5.11 Å². The minimum atomic E-state index is -0.453. The second-order valence-corrected chi connectivity index (χ2v) is 2.09. The molecule has 1 aliphatic rings. The molecule has 0 unspecified atom stereocenters.